The summed E-state index contributed by atoms with van der Waals surface area (Å²) in [6.45, 7) is 3.08. The first-order chi connectivity index (χ1) is 8.27. The van der Waals surface area contributed by atoms with Crippen LogP contribution in [0.3, 0.4) is 0 Å². The van der Waals surface area contributed by atoms with Gasteiger partial charge in [-0.05, 0) is 41.7 Å². The van der Waals surface area contributed by atoms with Crippen LogP contribution in [0.15, 0.2) is 16.8 Å². The molecule has 1 aromatic rings. The Morgan fingerprint density at radius 2 is 2.35 bits per heavy atom. The molecule has 4 heteroatoms. The Labute approximate surface area is 107 Å². The second-order valence-electron chi connectivity index (χ2n) is 4.77. The normalized spacial score (nSPS) is 19.5. The zero-order valence-corrected chi connectivity index (χ0v) is 11.2. The van der Waals surface area contributed by atoms with E-state index in [2.05, 4.69) is 28.7 Å². The topological polar surface area (TPSA) is 49.5 Å². The lowest BCUT2D eigenvalue weighted by Gasteiger charge is -2.35. The summed E-state index contributed by atoms with van der Waals surface area (Å²) in [4.78, 5) is 2.40. The van der Waals surface area contributed by atoms with Gasteiger partial charge in [-0.2, -0.15) is 11.3 Å². The van der Waals surface area contributed by atoms with Crippen molar-refractivity contribution in [3.8, 4) is 0 Å². The summed E-state index contributed by atoms with van der Waals surface area (Å²) < 4.78 is 0. The van der Waals surface area contributed by atoms with Crippen molar-refractivity contribution < 1.29 is 5.11 Å². The molecule has 0 radical (unpaired) electrons. The average Bonchev–Trinajstić information content (AvgIpc) is 3.05. The molecule has 1 aromatic heterocycles. The van der Waals surface area contributed by atoms with Crippen LogP contribution in [-0.2, 0) is 0 Å². The highest BCUT2D eigenvalue weighted by Crippen LogP contribution is 2.36. The van der Waals surface area contributed by atoms with Gasteiger partial charge in [-0.1, -0.05) is 6.92 Å². The summed E-state index contributed by atoms with van der Waals surface area (Å²) in [6, 6.07) is 3.21. The van der Waals surface area contributed by atoms with Crippen molar-refractivity contribution in [2.45, 2.75) is 44.3 Å². The largest absolute Gasteiger partial charge is 0.395 e. The summed E-state index contributed by atoms with van der Waals surface area (Å²) in [6.07, 6.45) is 3.46. The number of aliphatic hydroxyl groups is 1. The number of thiophene rings is 1. The third-order valence-corrected chi connectivity index (χ3v) is 4.19. The third-order valence-electron chi connectivity index (χ3n) is 3.49. The minimum Gasteiger partial charge on any atom is -0.395 e. The van der Waals surface area contributed by atoms with Crippen molar-refractivity contribution in [1.29, 1.82) is 0 Å². The molecule has 0 amide bonds. The molecule has 2 atom stereocenters. The first-order valence-electron chi connectivity index (χ1n) is 6.42. The lowest BCUT2D eigenvalue weighted by Crippen LogP contribution is -2.43. The molecule has 1 saturated carbocycles. The number of aliphatic hydroxyl groups excluding tert-OH is 1. The minimum atomic E-state index is 0.150. The Kier molecular flexibility index (Phi) is 4.56. The predicted molar refractivity (Wildman–Crippen MR) is 72.1 cm³/mol. The second kappa shape index (κ2) is 5.96. The highest BCUT2D eigenvalue weighted by Gasteiger charge is 2.36. The van der Waals surface area contributed by atoms with E-state index in [1.165, 1.54) is 18.4 Å². The van der Waals surface area contributed by atoms with Crippen molar-refractivity contribution >= 4 is 11.3 Å². The van der Waals surface area contributed by atoms with Gasteiger partial charge in [0.15, 0.2) is 0 Å². The number of nitrogens with two attached hydrogens (primary N) is 1. The molecule has 0 aliphatic heterocycles. The van der Waals surface area contributed by atoms with Gasteiger partial charge in [-0.15, -0.1) is 0 Å². The zero-order chi connectivity index (χ0) is 12.3. The van der Waals surface area contributed by atoms with E-state index in [4.69, 9.17) is 5.73 Å². The molecule has 3 N–H and O–H groups in total. The van der Waals surface area contributed by atoms with Crippen LogP contribution in [0.25, 0.3) is 0 Å². The van der Waals surface area contributed by atoms with Gasteiger partial charge in [0.1, 0.15) is 0 Å². The standard InChI is InChI=1S/C13H22N2OS/c1-2-12(14)13(10-5-8-17-9-10)15(6-7-16)11-3-4-11/h5,8-9,11-13,16H,2-4,6-7,14H2,1H3. The predicted octanol–water partition coefficient (Wildman–Crippen LogP) is 1.98. The molecule has 1 aliphatic carbocycles. The van der Waals surface area contributed by atoms with Gasteiger partial charge in [0.05, 0.1) is 12.6 Å². The smallest absolute Gasteiger partial charge is 0.0558 e. The number of hydrogen-bond donors (Lipinski definition) is 2. The number of hydrogen-bond acceptors (Lipinski definition) is 4. The van der Waals surface area contributed by atoms with Crippen molar-refractivity contribution in [1.82, 2.24) is 4.90 Å². The fourth-order valence-corrected chi connectivity index (χ4v) is 3.11. The summed E-state index contributed by atoms with van der Waals surface area (Å²) in [7, 11) is 0. The van der Waals surface area contributed by atoms with E-state index in [0.717, 1.165) is 13.0 Å². The third kappa shape index (κ3) is 3.07. The van der Waals surface area contributed by atoms with Crippen LogP contribution in [0.4, 0.5) is 0 Å². The van der Waals surface area contributed by atoms with E-state index in [-0.39, 0.29) is 18.7 Å². The van der Waals surface area contributed by atoms with Crippen LogP contribution >= 0.6 is 11.3 Å². The summed E-state index contributed by atoms with van der Waals surface area (Å²) in [5, 5.41) is 13.5. The molecule has 0 aromatic carbocycles. The van der Waals surface area contributed by atoms with E-state index in [9.17, 15) is 5.11 Å². The van der Waals surface area contributed by atoms with Gasteiger partial charge in [-0.25, -0.2) is 0 Å². The van der Waals surface area contributed by atoms with Crippen molar-refractivity contribution in [2.24, 2.45) is 5.73 Å². The minimum absolute atomic E-state index is 0.150. The lowest BCUT2D eigenvalue weighted by atomic mass is 9.98. The maximum Gasteiger partial charge on any atom is 0.0558 e. The maximum atomic E-state index is 9.23. The summed E-state index contributed by atoms with van der Waals surface area (Å²) in [5.74, 6) is 0. The molecule has 0 spiro atoms. The van der Waals surface area contributed by atoms with Crippen LogP contribution in [0.1, 0.15) is 37.8 Å². The molecule has 2 unspecified atom stereocenters. The monoisotopic (exact) mass is 254 g/mol. The molecule has 0 bridgehead atoms. The van der Waals surface area contributed by atoms with E-state index in [1.807, 2.05) is 0 Å². The molecular weight excluding hydrogens is 232 g/mol. The van der Waals surface area contributed by atoms with Crippen molar-refractivity contribution in [3.63, 3.8) is 0 Å². The van der Waals surface area contributed by atoms with Gasteiger partial charge in [-0.3, -0.25) is 4.90 Å². The molecule has 1 fully saturated rings. The van der Waals surface area contributed by atoms with E-state index < -0.39 is 0 Å². The van der Waals surface area contributed by atoms with Crippen LogP contribution < -0.4 is 5.73 Å². The first kappa shape index (κ1) is 13.0. The summed E-state index contributed by atoms with van der Waals surface area (Å²) >= 11 is 1.72. The van der Waals surface area contributed by atoms with E-state index in [0.29, 0.717) is 6.04 Å². The van der Waals surface area contributed by atoms with Gasteiger partial charge in [0, 0.05) is 18.6 Å². The zero-order valence-electron chi connectivity index (χ0n) is 10.4. The Morgan fingerprint density at radius 1 is 1.59 bits per heavy atom. The lowest BCUT2D eigenvalue weighted by molar-refractivity contribution is 0.124. The quantitative estimate of drug-likeness (QED) is 0.782. The summed E-state index contributed by atoms with van der Waals surface area (Å²) in [5.41, 5.74) is 7.60. The molecule has 1 aliphatic rings. The molecular formula is C13H22N2OS. The second-order valence-corrected chi connectivity index (χ2v) is 5.55. The van der Waals surface area contributed by atoms with Crippen molar-refractivity contribution in [2.75, 3.05) is 13.2 Å². The van der Waals surface area contributed by atoms with E-state index in [1.54, 1.807) is 11.3 Å². The Bertz CT molecular complexity index is 324. The van der Waals surface area contributed by atoms with Crippen LogP contribution in [0.5, 0.6) is 0 Å². The van der Waals surface area contributed by atoms with E-state index >= 15 is 0 Å². The van der Waals surface area contributed by atoms with Gasteiger partial charge in [0.2, 0.25) is 0 Å². The molecule has 17 heavy (non-hydrogen) atoms. The molecule has 0 saturated heterocycles. The van der Waals surface area contributed by atoms with Crippen LogP contribution in [-0.4, -0.2) is 35.2 Å². The maximum absolute atomic E-state index is 9.23. The fourth-order valence-electron chi connectivity index (χ4n) is 2.42. The van der Waals surface area contributed by atoms with Crippen molar-refractivity contribution in [3.05, 3.63) is 22.4 Å². The average molecular weight is 254 g/mol. The number of rotatable bonds is 7. The Hall–Kier alpha value is -0.420. The molecule has 1 heterocycles. The molecule has 2 rings (SSSR count). The first-order valence-corrected chi connectivity index (χ1v) is 7.36. The molecule has 3 nitrogen and oxygen atoms in total. The highest BCUT2D eigenvalue weighted by molar-refractivity contribution is 7.07. The van der Waals surface area contributed by atoms with Gasteiger partial charge >= 0.3 is 0 Å². The Morgan fingerprint density at radius 3 is 2.82 bits per heavy atom. The van der Waals surface area contributed by atoms with Gasteiger partial charge in [0.25, 0.3) is 0 Å². The molecule has 96 valence electrons. The van der Waals surface area contributed by atoms with Gasteiger partial charge < -0.3 is 10.8 Å². The number of nitrogens with zero attached hydrogens (tertiary/aromatic N) is 1. The van der Waals surface area contributed by atoms with Crippen LogP contribution in [0, 0.1) is 0 Å². The SMILES string of the molecule is CCC(N)C(c1ccsc1)N(CCO)C1CC1. The van der Waals surface area contributed by atoms with Crippen LogP contribution in [0.2, 0.25) is 0 Å². The highest BCUT2D eigenvalue weighted by atomic mass is 32.1. The Balaban J connectivity index is 2.18. The fraction of sp³-hybridized carbons (Fsp3) is 0.692.